The predicted molar refractivity (Wildman–Crippen MR) is 72.5 cm³/mol. The summed E-state index contributed by atoms with van der Waals surface area (Å²) < 4.78 is 1.60. The van der Waals surface area contributed by atoms with Crippen LogP contribution in [0.1, 0.15) is 39.3 Å². The number of amides is 2. The van der Waals surface area contributed by atoms with Crippen LogP contribution in [0, 0.1) is 0 Å². The molecule has 0 radical (unpaired) electrons. The van der Waals surface area contributed by atoms with E-state index in [-0.39, 0.29) is 17.9 Å². The highest BCUT2D eigenvalue weighted by molar-refractivity contribution is 5.93. The van der Waals surface area contributed by atoms with Gasteiger partial charge in [-0.3, -0.25) is 14.3 Å². The average molecular weight is 279 g/mol. The maximum absolute atomic E-state index is 12.7. The van der Waals surface area contributed by atoms with E-state index in [1.807, 2.05) is 13.8 Å². The molecule has 1 aliphatic rings. The van der Waals surface area contributed by atoms with Crippen molar-refractivity contribution >= 4 is 11.8 Å². The Bertz CT molecular complexity index is 527. The summed E-state index contributed by atoms with van der Waals surface area (Å²) in [7, 11) is 1.78. The Morgan fingerprint density at radius 1 is 1.50 bits per heavy atom. The fourth-order valence-electron chi connectivity index (χ4n) is 2.42. The van der Waals surface area contributed by atoms with Crippen molar-refractivity contribution in [2.24, 2.45) is 7.05 Å². The lowest BCUT2D eigenvalue weighted by Gasteiger charge is -2.33. The van der Waals surface area contributed by atoms with Crippen molar-refractivity contribution in [1.82, 2.24) is 25.2 Å². The molecule has 1 aliphatic heterocycles. The minimum Gasteiger partial charge on any atom is -0.342 e. The van der Waals surface area contributed by atoms with Crippen LogP contribution in [0.3, 0.4) is 0 Å². The number of hydrogen-bond acceptors (Lipinski definition) is 4. The van der Waals surface area contributed by atoms with Gasteiger partial charge >= 0.3 is 0 Å². The molecule has 0 bridgehead atoms. The number of hydrogen-bond donors (Lipinski definition) is 1. The van der Waals surface area contributed by atoms with Crippen molar-refractivity contribution in [1.29, 1.82) is 0 Å². The highest BCUT2D eigenvalue weighted by Gasteiger charge is 2.41. The fraction of sp³-hybridized carbons (Fsp3) is 0.692. The molecule has 0 aromatic carbocycles. The molecular formula is C13H21N5O2. The van der Waals surface area contributed by atoms with E-state index >= 15 is 0 Å². The smallest absolute Gasteiger partial charge is 0.248 e. The first-order chi connectivity index (χ1) is 9.35. The molecule has 2 amide bonds. The van der Waals surface area contributed by atoms with E-state index in [1.54, 1.807) is 29.7 Å². The number of aryl methyl sites for hydroxylation is 1. The van der Waals surface area contributed by atoms with Gasteiger partial charge < -0.3 is 10.2 Å². The van der Waals surface area contributed by atoms with Gasteiger partial charge in [-0.15, -0.1) is 5.10 Å². The summed E-state index contributed by atoms with van der Waals surface area (Å²) in [5.74, 6) is -0.152. The Morgan fingerprint density at radius 2 is 2.20 bits per heavy atom. The van der Waals surface area contributed by atoms with E-state index in [1.165, 1.54) is 0 Å². The molecule has 2 unspecified atom stereocenters. The quantitative estimate of drug-likeness (QED) is 0.858. The molecule has 1 N–H and O–H groups in total. The molecule has 7 heteroatoms. The van der Waals surface area contributed by atoms with E-state index in [9.17, 15) is 9.59 Å². The van der Waals surface area contributed by atoms with Crippen molar-refractivity contribution in [3.63, 3.8) is 0 Å². The molecule has 2 atom stereocenters. The van der Waals surface area contributed by atoms with Crippen LogP contribution in [0.25, 0.3) is 0 Å². The van der Waals surface area contributed by atoms with Gasteiger partial charge in [0.25, 0.3) is 0 Å². The van der Waals surface area contributed by atoms with E-state index < -0.39 is 5.54 Å². The van der Waals surface area contributed by atoms with Crippen LogP contribution >= 0.6 is 0 Å². The first-order valence-electron chi connectivity index (χ1n) is 6.83. The molecule has 1 aromatic heterocycles. The molecule has 1 fully saturated rings. The van der Waals surface area contributed by atoms with Gasteiger partial charge in [0.2, 0.25) is 11.8 Å². The summed E-state index contributed by atoms with van der Waals surface area (Å²) in [6, 6.07) is -0.155. The summed E-state index contributed by atoms with van der Waals surface area (Å²) in [4.78, 5) is 26.3. The maximum Gasteiger partial charge on any atom is 0.248 e. The molecule has 0 aliphatic carbocycles. The largest absolute Gasteiger partial charge is 0.342 e. The van der Waals surface area contributed by atoms with Crippen molar-refractivity contribution < 1.29 is 9.59 Å². The third-order valence-corrected chi connectivity index (χ3v) is 3.85. The van der Waals surface area contributed by atoms with E-state index in [0.29, 0.717) is 19.4 Å². The number of carbonyl (C=O) groups excluding carboxylic acids is 2. The lowest BCUT2D eigenvalue weighted by atomic mass is 9.97. The molecule has 7 nitrogen and oxygen atoms in total. The second-order valence-electron chi connectivity index (χ2n) is 5.60. The van der Waals surface area contributed by atoms with Crippen molar-refractivity contribution in [3.05, 3.63) is 11.9 Å². The van der Waals surface area contributed by atoms with Gasteiger partial charge in [0.05, 0.1) is 6.54 Å². The van der Waals surface area contributed by atoms with Gasteiger partial charge in [0, 0.05) is 25.7 Å². The number of aromatic nitrogens is 3. The van der Waals surface area contributed by atoms with Gasteiger partial charge in [-0.1, -0.05) is 12.1 Å². The summed E-state index contributed by atoms with van der Waals surface area (Å²) in [6.07, 6.45) is 2.65. The minimum atomic E-state index is -0.843. The molecule has 110 valence electrons. The van der Waals surface area contributed by atoms with E-state index in [0.717, 1.165) is 5.69 Å². The van der Waals surface area contributed by atoms with Crippen LogP contribution in [0.4, 0.5) is 0 Å². The average Bonchev–Trinajstić information content (AvgIpc) is 2.76. The summed E-state index contributed by atoms with van der Waals surface area (Å²) in [5, 5.41) is 10.7. The van der Waals surface area contributed by atoms with Gasteiger partial charge in [-0.05, 0) is 20.3 Å². The predicted octanol–water partition coefficient (Wildman–Crippen LogP) is 0.221. The zero-order valence-corrected chi connectivity index (χ0v) is 12.4. The van der Waals surface area contributed by atoms with Crippen molar-refractivity contribution in [2.45, 2.75) is 51.7 Å². The third kappa shape index (κ3) is 2.66. The Kier molecular flexibility index (Phi) is 3.78. The van der Waals surface area contributed by atoms with Crippen LogP contribution in [-0.2, 0) is 23.2 Å². The molecular weight excluding hydrogens is 258 g/mol. The van der Waals surface area contributed by atoms with E-state index in [4.69, 9.17) is 0 Å². The Balaban J connectivity index is 2.28. The second kappa shape index (κ2) is 5.22. The van der Waals surface area contributed by atoms with Crippen molar-refractivity contribution in [2.75, 3.05) is 0 Å². The van der Waals surface area contributed by atoms with Crippen molar-refractivity contribution in [3.8, 4) is 0 Å². The second-order valence-corrected chi connectivity index (χ2v) is 5.60. The topological polar surface area (TPSA) is 80.1 Å². The van der Waals surface area contributed by atoms with Gasteiger partial charge in [-0.2, -0.15) is 0 Å². The number of carbonyl (C=O) groups is 2. The number of nitrogens with one attached hydrogen (secondary N) is 1. The first-order valence-corrected chi connectivity index (χ1v) is 6.83. The SMILES string of the molecule is CCC1(C)NC(=O)CC(C)N(Cc2cn(C)nn2)C1=O. The maximum atomic E-state index is 12.7. The van der Waals surface area contributed by atoms with Crippen LogP contribution in [0.2, 0.25) is 0 Å². The molecule has 1 saturated heterocycles. The molecule has 2 heterocycles. The lowest BCUT2D eigenvalue weighted by molar-refractivity contribution is -0.140. The zero-order chi connectivity index (χ0) is 14.9. The van der Waals surface area contributed by atoms with Gasteiger partial charge in [-0.25, -0.2) is 0 Å². The first kappa shape index (κ1) is 14.5. The summed E-state index contributed by atoms with van der Waals surface area (Å²) in [6.45, 7) is 5.93. The van der Waals surface area contributed by atoms with Gasteiger partial charge in [0.15, 0.2) is 0 Å². The van der Waals surface area contributed by atoms with Crippen LogP contribution in [0.15, 0.2) is 6.20 Å². The molecule has 0 saturated carbocycles. The monoisotopic (exact) mass is 279 g/mol. The lowest BCUT2D eigenvalue weighted by Crippen LogP contribution is -2.55. The van der Waals surface area contributed by atoms with Crippen LogP contribution in [0.5, 0.6) is 0 Å². The molecule has 1 aromatic rings. The molecule has 2 rings (SSSR count). The fourth-order valence-corrected chi connectivity index (χ4v) is 2.42. The molecule has 0 spiro atoms. The summed E-state index contributed by atoms with van der Waals surface area (Å²) in [5.41, 5.74) is -0.121. The normalized spacial score (nSPS) is 27.4. The Hall–Kier alpha value is -1.92. The third-order valence-electron chi connectivity index (χ3n) is 3.85. The summed E-state index contributed by atoms with van der Waals surface area (Å²) >= 11 is 0. The Morgan fingerprint density at radius 3 is 2.75 bits per heavy atom. The minimum absolute atomic E-state index is 0.0657. The molecule has 20 heavy (non-hydrogen) atoms. The number of nitrogens with zero attached hydrogens (tertiary/aromatic N) is 4. The highest BCUT2D eigenvalue weighted by Crippen LogP contribution is 2.22. The zero-order valence-electron chi connectivity index (χ0n) is 12.4. The standard InChI is InChI=1S/C13H21N5O2/c1-5-13(3)12(20)18(9(2)6-11(19)14-13)8-10-7-17(4)16-15-10/h7,9H,5-6,8H2,1-4H3,(H,14,19). The van der Waals surface area contributed by atoms with Gasteiger partial charge in [0.1, 0.15) is 11.2 Å². The van der Waals surface area contributed by atoms with Crippen LogP contribution < -0.4 is 5.32 Å². The Labute approximate surface area is 118 Å². The van der Waals surface area contributed by atoms with E-state index in [2.05, 4.69) is 15.6 Å². The number of rotatable bonds is 3. The highest BCUT2D eigenvalue weighted by atomic mass is 16.2. The van der Waals surface area contributed by atoms with Crippen LogP contribution in [-0.4, -0.2) is 43.3 Å².